The van der Waals surface area contributed by atoms with Crippen LogP contribution in [0.2, 0.25) is 0 Å². The second-order valence-electron chi connectivity index (χ2n) is 8.06. The number of hydrogen-bond donors (Lipinski definition) is 1. The Hall–Kier alpha value is -3.80. The number of benzene rings is 2. The Morgan fingerprint density at radius 1 is 1.05 bits per heavy atom. The van der Waals surface area contributed by atoms with Gasteiger partial charge >= 0.3 is 6.36 Å². The molecule has 0 saturated heterocycles. The van der Waals surface area contributed by atoms with Crippen LogP contribution in [0.1, 0.15) is 36.5 Å². The molecule has 3 rings (SSSR count). The van der Waals surface area contributed by atoms with E-state index < -0.39 is 12.3 Å². The number of aromatic nitrogens is 1. The summed E-state index contributed by atoms with van der Waals surface area (Å²) in [7, 11) is 2.94. The van der Waals surface area contributed by atoms with E-state index >= 15 is 0 Å². The van der Waals surface area contributed by atoms with Gasteiger partial charge in [-0.05, 0) is 54.8 Å². The molecule has 2 aromatic carbocycles. The van der Waals surface area contributed by atoms with Gasteiger partial charge in [0.05, 0.1) is 25.5 Å². The number of ether oxygens (including phenoxy) is 3. The SMILES string of the molecule is CCCC(=O)NCCCn1c(-c2ccc(OC(F)(F)F)cc2)csc1=NC(=O)c1ccc(OC)cc1OC. The minimum absolute atomic E-state index is 0.0463. The molecule has 0 aliphatic rings. The van der Waals surface area contributed by atoms with Gasteiger partial charge in [-0.2, -0.15) is 4.99 Å². The summed E-state index contributed by atoms with van der Waals surface area (Å²) in [4.78, 5) is 29.6. The molecule has 0 unspecified atom stereocenters. The number of amides is 2. The van der Waals surface area contributed by atoms with Crippen molar-refractivity contribution in [3.8, 4) is 28.5 Å². The quantitative estimate of drug-likeness (QED) is 0.332. The molecule has 1 aromatic heterocycles. The first-order valence-corrected chi connectivity index (χ1v) is 12.7. The van der Waals surface area contributed by atoms with Crippen molar-refractivity contribution in [3.63, 3.8) is 0 Å². The highest BCUT2D eigenvalue weighted by Gasteiger charge is 2.31. The Balaban J connectivity index is 1.94. The zero-order valence-corrected chi connectivity index (χ0v) is 21.9. The third-order valence-electron chi connectivity index (χ3n) is 5.38. The lowest BCUT2D eigenvalue weighted by atomic mass is 10.1. The summed E-state index contributed by atoms with van der Waals surface area (Å²) < 4.78 is 53.9. The zero-order valence-electron chi connectivity index (χ0n) is 21.1. The van der Waals surface area contributed by atoms with Gasteiger partial charge in [-0.25, -0.2) is 0 Å². The Kier molecular flexibility index (Phi) is 9.94. The van der Waals surface area contributed by atoms with Crippen LogP contribution in [0, 0.1) is 0 Å². The fraction of sp³-hybridized carbons (Fsp3) is 0.346. The molecule has 0 atom stereocenters. The van der Waals surface area contributed by atoms with Crippen molar-refractivity contribution in [2.45, 2.75) is 39.1 Å². The number of thiazole rings is 1. The van der Waals surface area contributed by atoms with E-state index in [-0.39, 0.29) is 17.2 Å². The summed E-state index contributed by atoms with van der Waals surface area (Å²) in [5.74, 6) is -0.0876. The lowest BCUT2D eigenvalue weighted by Gasteiger charge is -2.12. The minimum Gasteiger partial charge on any atom is -0.497 e. The van der Waals surface area contributed by atoms with Crippen molar-refractivity contribution in [3.05, 3.63) is 58.2 Å². The molecular weight excluding hydrogens is 523 g/mol. The molecule has 3 aromatic rings. The summed E-state index contributed by atoms with van der Waals surface area (Å²) >= 11 is 1.21. The van der Waals surface area contributed by atoms with E-state index in [2.05, 4.69) is 15.0 Å². The van der Waals surface area contributed by atoms with E-state index in [0.717, 1.165) is 6.42 Å². The van der Waals surface area contributed by atoms with Crippen LogP contribution < -0.4 is 24.3 Å². The van der Waals surface area contributed by atoms with E-state index in [1.165, 1.54) is 49.8 Å². The first-order chi connectivity index (χ1) is 18.1. The van der Waals surface area contributed by atoms with Gasteiger partial charge in [0, 0.05) is 31.0 Å². The molecule has 1 heterocycles. The number of rotatable bonds is 11. The molecule has 2 amide bonds. The molecule has 0 aliphatic carbocycles. The fourth-order valence-electron chi connectivity index (χ4n) is 3.60. The van der Waals surface area contributed by atoms with Crippen LogP contribution in [-0.4, -0.2) is 43.5 Å². The van der Waals surface area contributed by atoms with Crippen LogP contribution in [-0.2, 0) is 11.3 Å². The maximum atomic E-state index is 13.1. The van der Waals surface area contributed by atoms with Crippen LogP contribution >= 0.6 is 11.3 Å². The Labute approximate surface area is 221 Å². The van der Waals surface area contributed by atoms with Crippen LogP contribution in [0.5, 0.6) is 17.2 Å². The Morgan fingerprint density at radius 2 is 1.76 bits per heavy atom. The van der Waals surface area contributed by atoms with Crippen molar-refractivity contribution in [2.24, 2.45) is 4.99 Å². The standard InChI is InChI=1S/C26H28F3N3O5S/c1-4-6-23(33)30-13-5-14-32-21(17-7-9-18(10-8-17)37-26(27,28)29)16-38-25(32)31-24(34)20-12-11-19(35-2)15-22(20)36-3/h7-12,15-16H,4-6,13-14H2,1-3H3,(H,30,33). The molecule has 12 heteroatoms. The Bertz CT molecular complexity index is 1320. The molecule has 0 fully saturated rings. The molecule has 1 N–H and O–H groups in total. The zero-order chi connectivity index (χ0) is 27.7. The number of methoxy groups -OCH3 is 2. The van der Waals surface area contributed by atoms with Gasteiger partial charge in [0.1, 0.15) is 17.2 Å². The molecule has 0 aliphatic heterocycles. The third kappa shape index (κ3) is 7.85. The predicted octanol–water partition coefficient (Wildman–Crippen LogP) is 5.18. The van der Waals surface area contributed by atoms with E-state index in [9.17, 15) is 22.8 Å². The van der Waals surface area contributed by atoms with Gasteiger partial charge in [-0.1, -0.05) is 6.92 Å². The van der Waals surface area contributed by atoms with Gasteiger partial charge in [0.15, 0.2) is 4.80 Å². The van der Waals surface area contributed by atoms with Crippen LogP contribution in [0.15, 0.2) is 52.8 Å². The number of carbonyl (C=O) groups excluding carboxylic acids is 2. The molecule has 204 valence electrons. The van der Waals surface area contributed by atoms with Crippen molar-refractivity contribution in [2.75, 3.05) is 20.8 Å². The topological polar surface area (TPSA) is 91.2 Å². The summed E-state index contributed by atoms with van der Waals surface area (Å²) in [5, 5.41) is 4.62. The second-order valence-corrected chi connectivity index (χ2v) is 8.90. The number of nitrogens with zero attached hydrogens (tertiary/aromatic N) is 2. The van der Waals surface area contributed by atoms with Gasteiger partial charge < -0.3 is 24.1 Å². The Morgan fingerprint density at radius 3 is 2.39 bits per heavy atom. The third-order valence-corrected chi connectivity index (χ3v) is 6.24. The molecule has 0 bridgehead atoms. The predicted molar refractivity (Wildman–Crippen MR) is 136 cm³/mol. The lowest BCUT2D eigenvalue weighted by Crippen LogP contribution is -2.26. The first-order valence-electron chi connectivity index (χ1n) is 11.8. The van der Waals surface area contributed by atoms with Crippen LogP contribution in [0.3, 0.4) is 0 Å². The summed E-state index contributed by atoms with van der Waals surface area (Å²) in [6.07, 6.45) is -3.08. The fourth-order valence-corrected chi connectivity index (χ4v) is 4.53. The van der Waals surface area contributed by atoms with Gasteiger partial charge in [0.25, 0.3) is 5.91 Å². The first kappa shape index (κ1) is 28.8. The monoisotopic (exact) mass is 551 g/mol. The highest BCUT2D eigenvalue weighted by atomic mass is 32.1. The van der Waals surface area contributed by atoms with E-state index in [4.69, 9.17) is 9.47 Å². The van der Waals surface area contributed by atoms with Crippen LogP contribution in [0.4, 0.5) is 13.2 Å². The average Bonchev–Trinajstić information content (AvgIpc) is 3.27. The van der Waals surface area contributed by atoms with E-state index in [1.54, 1.807) is 28.1 Å². The molecule has 0 radical (unpaired) electrons. The second kappa shape index (κ2) is 13.1. The maximum absolute atomic E-state index is 13.1. The number of hydrogen-bond acceptors (Lipinski definition) is 6. The normalized spacial score (nSPS) is 11.8. The van der Waals surface area contributed by atoms with E-state index in [1.807, 2.05) is 6.92 Å². The van der Waals surface area contributed by atoms with Crippen molar-refractivity contribution in [1.82, 2.24) is 9.88 Å². The summed E-state index contributed by atoms with van der Waals surface area (Å²) in [5.41, 5.74) is 1.51. The van der Waals surface area contributed by atoms with Gasteiger partial charge in [-0.3, -0.25) is 9.59 Å². The molecular formula is C26H28F3N3O5S. The van der Waals surface area contributed by atoms with E-state index in [0.29, 0.717) is 53.5 Å². The largest absolute Gasteiger partial charge is 0.573 e. The average molecular weight is 552 g/mol. The lowest BCUT2D eigenvalue weighted by molar-refractivity contribution is -0.274. The van der Waals surface area contributed by atoms with Gasteiger partial charge in [0.2, 0.25) is 5.91 Å². The molecule has 8 nitrogen and oxygen atoms in total. The number of carbonyl (C=O) groups is 2. The molecule has 0 saturated carbocycles. The van der Waals surface area contributed by atoms with Crippen molar-refractivity contribution >= 4 is 23.2 Å². The molecule has 0 spiro atoms. The highest BCUT2D eigenvalue weighted by Crippen LogP contribution is 2.28. The van der Waals surface area contributed by atoms with Crippen LogP contribution in [0.25, 0.3) is 11.3 Å². The maximum Gasteiger partial charge on any atom is 0.573 e. The smallest absolute Gasteiger partial charge is 0.497 e. The summed E-state index contributed by atoms with van der Waals surface area (Å²) in [6, 6.07) is 10.2. The number of nitrogens with one attached hydrogen (secondary N) is 1. The van der Waals surface area contributed by atoms with Gasteiger partial charge in [-0.15, -0.1) is 24.5 Å². The number of halogens is 3. The minimum atomic E-state index is -4.79. The van der Waals surface area contributed by atoms with Crippen molar-refractivity contribution < 1.29 is 37.0 Å². The van der Waals surface area contributed by atoms with Crippen molar-refractivity contribution in [1.29, 1.82) is 0 Å². The highest BCUT2D eigenvalue weighted by molar-refractivity contribution is 7.07. The molecule has 38 heavy (non-hydrogen) atoms. The number of alkyl halides is 3. The summed E-state index contributed by atoms with van der Waals surface area (Å²) in [6.45, 7) is 2.73.